The van der Waals surface area contributed by atoms with Gasteiger partial charge in [0.1, 0.15) is 0 Å². The van der Waals surface area contributed by atoms with Gasteiger partial charge in [-0.2, -0.15) is 0 Å². The maximum atomic E-state index is 10.8. The van der Waals surface area contributed by atoms with E-state index in [9.17, 15) is 4.79 Å². The first kappa shape index (κ1) is 11.3. The first-order valence-electron chi connectivity index (χ1n) is 5.48. The van der Waals surface area contributed by atoms with Crippen molar-refractivity contribution in [2.45, 2.75) is 13.3 Å². The molecule has 0 unspecified atom stereocenters. The highest BCUT2D eigenvalue weighted by molar-refractivity contribution is 5.88. The van der Waals surface area contributed by atoms with Crippen molar-refractivity contribution >= 4 is 5.97 Å². The van der Waals surface area contributed by atoms with Gasteiger partial charge >= 0.3 is 5.97 Å². The molecule has 0 saturated heterocycles. The van der Waals surface area contributed by atoms with Crippen molar-refractivity contribution in [1.82, 2.24) is 4.98 Å². The zero-order valence-electron chi connectivity index (χ0n) is 9.55. The number of rotatable bonds is 3. The molecule has 0 aliphatic rings. The van der Waals surface area contributed by atoms with E-state index in [1.165, 1.54) is 11.8 Å². The van der Waals surface area contributed by atoms with E-state index >= 15 is 0 Å². The zero-order chi connectivity index (χ0) is 12.3. The lowest BCUT2D eigenvalue weighted by Crippen LogP contribution is -1.97. The third kappa shape index (κ3) is 2.50. The van der Waals surface area contributed by atoms with E-state index in [1.807, 2.05) is 24.3 Å². The number of aryl methyl sites for hydroxylation is 1. The molecule has 2 aromatic rings. The topological polar surface area (TPSA) is 50.2 Å². The fraction of sp³-hybridized carbons (Fsp3) is 0.143. The Morgan fingerprint density at radius 1 is 1.18 bits per heavy atom. The van der Waals surface area contributed by atoms with Crippen LogP contribution in [0.1, 0.15) is 22.8 Å². The van der Waals surface area contributed by atoms with Crippen LogP contribution in [-0.2, 0) is 6.42 Å². The standard InChI is InChI=1S/C14H13NO2/c1-2-10-3-5-11(6-4-10)12-7-13(14(16)17)9-15-8-12/h3-9H,2H2,1H3,(H,16,17). The maximum Gasteiger partial charge on any atom is 0.337 e. The second-order valence-electron chi connectivity index (χ2n) is 3.82. The number of pyridine rings is 1. The Bertz CT molecular complexity index is 532. The molecule has 0 spiro atoms. The minimum atomic E-state index is -0.954. The molecular formula is C14H13NO2. The quantitative estimate of drug-likeness (QED) is 0.876. The predicted octanol–water partition coefficient (Wildman–Crippen LogP) is 3.01. The van der Waals surface area contributed by atoms with Gasteiger partial charge in [0.05, 0.1) is 5.56 Å². The second-order valence-corrected chi connectivity index (χ2v) is 3.82. The summed E-state index contributed by atoms with van der Waals surface area (Å²) in [6.45, 7) is 2.10. The van der Waals surface area contributed by atoms with Crippen LogP contribution in [0.25, 0.3) is 11.1 Å². The molecule has 86 valence electrons. The van der Waals surface area contributed by atoms with Crippen molar-refractivity contribution in [2.75, 3.05) is 0 Å². The monoisotopic (exact) mass is 227 g/mol. The lowest BCUT2D eigenvalue weighted by Gasteiger charge is -2.03. The van der Waals surface area contributed by atoms with Crippen molar-refractivity contribution in [1.29, 1.82) is 0 Å². The summed E-state index contributed by atoms with van der Waals surface area (Å²) in [7, 11) is 0. The van der Waals surface area contributed by atoms with Crippen molar-refractivity contribution < 1.29 is 9.90 Å². The number of aromatic carboxylic acids is 1. The van der Waals surface area contributed by atoms with Crippen molar-refractivity contribution in [3.63, 3.8) is 0 Å². The van der Waals surface area contributed by atoms with Gasteiger partial charge in [0.2, 0.25) is 0 Å². The first-order chi connectivity index (χ1) is 8.20. The van der Waals surface area contributed by atoms with Gasteiger partial charge in [0, 0.05) is 18.0 Å². The van der Waals surface area contributed by atoms with Crippen molar-refractivity contribution in [2.24, 2.45) is 0 Å². The molecule has 1 heterocycles. The molecule has 0 atom stereocenters. The molecule has 2 rings (SSSR count). The van der Waals surface area contributed by atoms with E-state index in [-0.39, 0.29) is 5.56 Å². The number of carboxylic acid groups (broad SMARTS) is 1. The van der Waals surface area contributed by atoms with Crippen LogP contribution < -0.4 is 0 Å². The Morgan fingerprint density at radius 3 is 2.47 bits per heavy atom. The Hall–Kier alpha value is -2.16. The Morgan fingerprint density at radius 2 is 1.88 bits per heavy atom. The van der Waals surface area contributed by atoms with Gasteiger partial charge in [0.25, 0.3) is 0 Å². The lowest BCUT2D eigenvalue weighted by atomic mass is 10.0. The van der Waals surface area contributed by atoms with E-state index in [1.54, 1.807) is 12.3 Å². The van der Waals surface area contributed by atoms with Crippen LogP contribution in [0, 0.1) is 0 Å². The zero-order valence-corrected chi connectivity index (χ0v) is 9.55. The van der Waals surface area contributed by atoms with Gasteiger partial charge < -0.3 is 5.11 Å². The van der Waals surface area contributed by atoms with E-state index in [0.29, 0.717) is 0 Å². The molecule has 0 aliphatic carbocycles. The summed E-state index contributed by atoms with van der Waals surface area (Å²) in [5.41, 5.74) is 3.28. The van der Waals surface area contributed by atoms with Crippen LogP contribution in [0.4, 0.5) is 0 Å². The van der Waals surface area contributed by atoms with Gasteiger partial charge in [0.15, 0.2) is 0 Å². The number of aromatic nitrogens is 1. The second kappa shape index (κ2) is 4.78. The number of hydrogen-bond acceptors (Lipinski definition) is 2. The average Bonchev–Trinajstić information content (AvgIpc) is 2.39. The summed E-state index contributed by atoms with van der Waals surface area (Å²) in [5.74, 6) is -0.954. The predicted molar refractivity (Wildman–Crippen MR) is 66.0 cm³/mol. The smallest absolute Gasteiger partial charge is 0.337 e. The molecule has 0 bridgehead atoms. The normalized spacial score (nSPS) is 10.2. The maximum absolute atomic E-state index is 10.8. The first-order valence-corrected chi connectivity index (χ1v) is 5.48. The average molecular weight is 227 g/mol. The van der Waals surface area contributed by atoms with Gasteiger partial charge in [-0.3, -0.25) is 4.98 Å². The molecule has 3 heteroatoms. The van der Waals surface area contributed by atoms with Crippen LogP contribution >= 0.6 is 0 Å². The number of carbonyl (C=O) groups is 1. The molecule has 1 N–H and O–H groups in total. The van der Waals surface area contributed by atoms with Crippen LogP contribution in [-0.4, -0.2) is 16.1 Å². The van der Waals surface area contributed by atoms with Gasteiger partial charge in [-0.15, -0.1) is 0 Å². The lowest BCUT2D eigenvalue weighted by molar-refractivity contribution is 0.0696. The van der Waals surface area contributed by atoms with Crippen LogP contribution in [0.3, 0.4) is 0 Å². The summed E-state index contributed by atoms with van der Waals surface area (Å²) in [4.78, 5) is 14.8. The molecule has 1 aromatic carbocycles. The summed E-state index contributed by atoms with van der Waals surface area (Å²) in [5, 5.41) is 8.90. The van der Waals surface area contributed by atoms with Crippen molar-refractivity contribution in [3.8, 4) is 11.1 Å². The molecule has 0 amide bonds. The summed E-state index contributed by atoms with van der Waals surface area (Å²) in [6, 6.07) is 9.70. The highest BCUT2D eigenvalue weighted by Gasteiger charge is 2.05. The largest absolute Gasteiger partial charge is 0.478 e. The van der Waals surface area contributed by atoms with Crippen LogP contribution in [0.2, 0.25) is 0 Å². The fourth-order valence-corrected chi connectivity index (χ4v) is 1.65. The van der Waals surface area contributed by atoms with E-state index in [0.717, 1.165) is 17.5 Å². The molecule has 0 aliphatic heterocycles. The van der Waals surface area contributed by atoms with Crippen molar-refractivity contribution in [3.05, 3.63) is 53.9 Å². The molecule has 0 radical (unpaired) electrons. The minimum absolute atomic E-state index is 0.210. The van der Waals surface area contributed by atoms with Crippen LogP contribution in [0.15, 0.2) is 42.7 Å². The highest BCUT2D eigenvalue weighted by Crippen LogP contribution is 2.20. The summed E-state index contributed by atoms with van der Waals surface area (Å²) in [6.07, 6.45) is 4.02. The number of nitrogens with zero attached hydrogens (tertiary/aromatic N) is 1. The third-order valence-electron chi connectivity index (χ3n) is 2.68. The van der Waals surface area contributed by atoms with E-state index in [4.69, 9.17) is 5.11 Å². The Balaban J connectivity index is 2.38. The van der Waals surface area contributed by atoms with E-state index in [2.05, 4.69) is 11.9 Å². The highest BCUT2D eigenvalue weighted by atomic mass is 16.4. The third-order valence-corrected chi connectivity index (χ3v) is 2.68. The Kier molecular flexibility index (Phi) is 3.19. The fourth-order valence-electron chi connectivity index (χ4n) is 1.65. The molecular weight excluding hydrogens is 214 g/mol. The van der Waals surface area contributed by atoms with Gasteiger partial charge in [-0.1, -0.05) is 31.2 Å². The molecule has 3 nitrogen and oxygen atoms in total. The molecule has 1 aromatic heterocycles. The van der Waals surface area contributed by atoms with Gasteiger partial charge in [-0.05, 0) is 23.6 Å². The molecule has 0 fully saturated rings. The minimum Gasteiger partial charge on any atom is -0.478 e. The number of hydrogen-bond donors (Lipinski definition) is 1. The van der Waals surface area contributed by atoms with Crippen LogP contribution in [0.5, 0.6) is 0 Å². The molecule has 0 saturated carbocycles. The number of carboxylic acids is 1. The summed E-state index contributed by atoms with van der Waals surface area (Å²) >= 11 is 0. The molecule has 17 heavy (non-hydrogen) atoms. The SMILES string of the molecule is CCc1ccc(-c2cncc(C(=O)O)c2)cc1. The van der Waals surface area contributed by atoms with E-state index < -0.39 is 5.97 Å². The number of benzene rings is 1. The van der Waals surface area contributed by atoms with Gasteiger partial charge in [-0.25, -0.2) is 4.79 Å². The Labute approximate surface area is 99.8 Å². The summed E-state index contributed by atoms with van der Waals surface area (Å²) < 4.78 is 0.